The molecule has 0 aliphatic carbocycles. The number of phenols is 1. The standard InChI is InChI=1S/C16H9Cl2F2N3O2/c17-8-1-7(2-9(18)3-8)12-6-14(23-22-12)16(25)21-13-4-10(19)11(20)5-15(13)24/h1-6,24H,(H,21,25)(H,22,23). The first-order valence-corrected chi connectivity index (χ1v) is 7.60. The van der Waals surface area contributed by atoms with E-state index in [9.17, 15) is 18.7 Å². The van der Waals surface area contributed by atoms with Crippen LogP contribution < -0.4 is 5.32 Å². The summed E-state index contributed by atoms with van der Waals surface area (Å²) < 4.78 is 26.2. The van der Waals surface area contributed by atoms with E-state index in [1.807, 2.05) is 0 Å². The number of aromatic nitrogens is 2. The molecule has 2 aromatic carbocycles. The van der Waals surface area contributed by atoms with Gasteiger partial charge >= 0.3 is 0 Å². The van der Waals surface area contributed by atoms with Gasteiger partial charge in [-0.15, -0.1) is 0 Å². The number of hydrogen-bond donors (Lipinski definition) is 3. The third-order valence-electron chi connectivity index (χ3n) is 3.27. The first kappa shape index (κ1) is 17.2. The van der Waals surface area contributed by atoms with E-state index in [4.69, 9.17) is 23.2 Å². The van der Waals surface area contributed by atoms with E-state index in [1.54, 1.807) is 18.2 Å². The maximum Gasteiger partial charge on any atom is 0.273 e. The number of aromatic hydroxyl groups is 1. The Morgan fingerprint density at radius 1 is 1.04 bits per heavy atom. The number of rotatable bonds is 3. The van der Waals surface area contributed by atoms with Gasteiger partial charge in [0.15, 0.2) is 11.6 Å². The van der Waals surface area contributed by atoms with Gasteiger partial charge in [0.25, 0.3) is 5.91 Å². The van der Waals surface area contributed by atoms with Gasteiger partial charge in [0, 0.05) is 27.7 Å². The number of nitrogens with zero attached hydrogens (tertiary/aromatic N) is 1. The summed E-state index contributed by atoms with van der Waals surface area (Å²) in [4.78, 5) is 12.2. The highest BCUT2D eigenvalue weighted by molar-refractivity contribution is 6.35. The molecule has 3 N–H and O–H groups in total. The molecular formula is C16H9Cl2F2N3O2. The van der Waals surface area contributed by atoms with Crippen molar-refractivity contribution < 1.29 is 18.7 Å². The van der Waals surface area contributed by atoms with E-state index in [-0.39, 0.29) is 11.4 Å². The molecule has 128 valence electrons. The summed E-state index contributed by atoms with van der Waals surface area (Å²) in [5.41, 5.74) is 0.758. The predicted molar refractivity (Wildman–Crippen MR) is 90.0 cm³/mol. The van der Waals surface area contributed by atoms with Crippen LogP contribution in [0.4, 0.5) is 14.5 Å². The second kappa shape index (κ2) is 6.70. The number of benzene rings is 2. The van der Waals surface area contributed by atoms with E-state index < -0.39 is 23.3 Å². The Morgan fingerprint density at radius 3 is 2.36 bits per heavy atom. The monoisotopic (exact) mass is 383 g/mol. The van der Waals surface area contributed by atoms with Crippen LogP contribution in [0.15, 0.2) is 36.4 Å². The van der Waals surface area contributed by atoms with Crippen LogP contribution in [0.3, 0.4) is 0 Å². The number of nitrogens with one attached hydrogen (secondary N) is 2. The van der Waals surface area contributed by atoms with Crippen LogP contribution in [0.1, 0.15) is 10.5 Å². The number of halogens is 4. The Hall–Kier alpha value is -2.64. The lowest BCUT2D eigenvalue weighted by Gasteiger charge is -2.06. The lowest BCUT2D eigenvalue weighted by atomic mass is 10.1. The molecule has 0 radical (unpaired) electrons. The number of anilines is 1. The smallest absolute Gasteiger partial charge is 0.273 e. The van der Waals surface area contributed by atoms with Gasteiger partial charge in [0.1, 0.15) is 11.4 Å². The van der Waals surface area contributed by atoms with Crippen LogP contribution in [0.5, 0.6) is 5.75 Å². The van der Waals surface area contributed by atoms with Crippen LogP contribution in [0.2, 0.25) is 10.0 Å². The quantitative estimate of drug-likeness (QED) is 0.577. The molecule has 0 saturated heterocycles. The zero-order valence-corrected chi connectivity index (χ0v) is 13.8. The van der Waals surface area contributed by atoms with Gasteiger partial charge in [-0.2, -0.15) is 5.10 Å². The number of hydrogen-bond acceptors (Lipinski definition) is 3. The van der Waals surface area contributed by atoms with E-state index in [0.717, 1.165) is 0 Å². The average Bonchev–Trinajstić information content (AvgIpc) is 3.01. The molecule has 1 amide bonds. The van der Waals surface area contributed by atoms with Gasteiger partial charge < -0.3 is 10.4 Å². The van der Waals surface area contributed by atoms with Gasteiger partial charge in [0.2, 0.25) is 0 Å². The van der Waals surface area contributed by atoms with Crippen molar-refractivity contribution in [3.63, 3.8) is 0 Å². The van der Waals surface area contributed by atoms with Crippen molar-refractivity contribution >= 4 is 34.8 Å². The first-order chi connectivity index (χ1) is 11.8. The van der Waals surface area contributed by atoms with Crippen molar-refractivity contribution in [2.75, 3.05) is 5.32 Å². The fraction of sp³-hybridized carbons (Fsp3) is 0. The van der Waals surface area contributed by atoms with Crippen LogP contribution in [-0.2, 0) is 0 Å². The number of aromatic amines is 1. The summed E-state index contributed by atoms with van der Waals surface area (Å²) in [6, 6.07) is 7.46. The maximum atomic E-state index is 13.2. The minimum atomic E-state index is -1.22. The SMILES string of the molecule is O=C(Nc1cc(F)c(F)cc1O)c1cc(-c2cc(Cl)cc(Cl)c2)n[nH]1. The fourth-order valence-electron chi connectivity index (χ4n) is 2.11. The molecule has 9 heteroatoms. The predicted octanol–water partition coefficient (Wildman–Crippen LogP) is 4.62. The van der Waals surface area contributed by atoms with E-state index in [1.165, 1.54) is 6.07 Å². The molecule has 0 saturated carbocycles. The van der Waals surface area contributed by atoms with Gasteiger partial charge in [0.05, 0.1) is 11.4 Å². The Labute approximate surface area is 150 Å². The second-order valence-electron chi connectivity index (χ2n) is 5.06. The van der Waals surface area contributed by atoms with Crippen molar-refractivity contribution in [2.24, 2.45) is 0 Å². The Kier molecular flexibility index (Phi) is 4.61. The summed E-state index contributed by atoms with van der Waals surface area (Å²) in [6.07, 6.45) is 0. The van der Waals surface area contributed by atoms with Gasteiger partial charge in [-0.3, -0.25) is 9.89 Å². The molecular weight excluding hydrogens is 375 g/mol. The molecule has 0 aliphatic rings. The highest BCUT2D eigenvalue weighted by Crippen LogP contribution is 2.28. The average molecular weight is 384 g/mol. The summed E-state index contributed by atoms with van der Waals surface area (Å²) in [6.45, 7) is 0. The van der Waals surface area contributed by atoms with Crippen molar-refractivity contribution in [3.05, 3.63) is 63.8 Å². The lowest BCUT2D eigenvalue weighted by Crippen LogP contribution is -2.12. The number of amides is 1. The first-order valence-electron chi connectivity index (χ1n) is 6.84. The minimum absolute atomic E-state index is 0.0373. The number of carbonyl (C=O) groups excluding carboxylic acids is 1. The van der Waals surface area contributed by atoms with Gasteiger partial charge in [-0.1, -0.05) is 23.2 Å². The molecule has 0 bridgehead atoms. The van der Waals surface area contributed by atoms with Crippen molar-refractivity contribution in [3.8, 4) is 17.0 Å². The van der Waals surface area contributed by atoms with Crippen molar-refractivity contribution in [1.29, 1.82) is 0 Å². The number of carbonyl (C=O) groups is 1. The lowest BCUT2D eigenvalue weighted by molar-refractivity contribution is 0.102. The van der Waals surface area contributed by atoms with Crippen molar-refractivity contribution in [2.45, 2.75) is 0 Å². The maximum absolute atomic E-state index is 13.2. The molecule has 1 heterocycles. The third-order valence-corrected chi connectivity index (χ3v) is 3.70. The molecule has 1 aromatic heterocycles. The topological polar surface area (TPSA) is 78.0 Å². The van der Waals surface area contributed by atoms with Crippen molar-refractivity contribution in [1.82, 2.24) is 10.2 Å². The summed E-state index contributed by atoms with van der Waals surface area (Å²) >= 11 is 11.9. The molecule has 0 unspecified atom stereocenters. The Morgan fingerprint density at radius 2 is 1.68 bits per heavy atom. The Balaban J connectivity index is 1.85. The molecule has 0 aliphatic heterocycles. The Bertz CT molecular complexity index is 956. The van der Waals surface area contributed by atoms with Crippen LogP contribution in [0, 0.1) is 11.6 Å². The number of phenolic OH excluding ortho intramolecular Hbond substituents is 1. The molecule has 0 spiro atoms. The zero-order valence-electron chi connectivity index (χ0n) is 12.3. The second-order valence-corrected chi connectivity index (χ2v) is 5.94. The van der Waals surface area contributed by atoms with E-state index in [2.05, 4.69) is 15.5 Å². The minimum Gasteiger partial charge on any atom is -0.506 e. The highest BCUT2D eigenvalue weighted by atomic mass is 35.5. The third kappa shape index (κ3) is 3.72. The largest absolute Gasteiger partial charge is 0.506 e. The zero-order chi connectivity index (χ0) is 18.1. The summed E-state index contributed by atoms with van der Waals surface area (Å²) in [5.74, 6) is -3.73. The fourth-order valence-corrected chi connectivity index (χ4v) is 2.64. The van der Waals surface area contributed by atoms with Crippen LogP contribution in [-0.4, -0.2) is 21.2 Å². The molecule has 25 heavy (non-hydrogen) atoms. The molecule has 0 atom stereocenters. The molecule has 3 rings (SSSR count). The number of H-pyrrole nitrogens is 1. The van der Waals surface area contributed by atoms with Crippen LogP contribution >= 0.6 is 23.2 Å². The van der Waals surface area contributed by atoms with Gasteiger partial charge in [-0.05, 0) is 24.3 Å². The van der Waals surface area contributed by atoms with Gasteiger partial charge in [-0.25, -0.2) is 8.78 Å². The highest BCUT2D eigenvalue weighted by Gasteiger charge is 2.16. The van der Waals surface area contributed by atoms with E-state index in [0.29, 0.717) is 33.4 Å². The van der Waals surface area contributed by atoms with Crippen LogP contribution in [0.25, 0.3) is 11.3 Å². The molecule has 5 nitrogen and oxygen atoms in total. The normalized spacial score (nSPS) is 10.7. The summed E-state index contributed by atoms with van der Waals surface area (Å²) in [7, 11) is 0. The molecule has 0 fully saturated rings. The molecule has 3 aromatic rings. The van der Waals surface area contributed by atoms with E-state index >= 15 is 0 Å². The summed E-state index contributed by atoms with van der Waals surface area (Å²) in [5, 5.41) is 19.2.